The molecule has 0 spiro atoms. The third-order valence-electron chi connectivity index (χ3n) is 2.77. The van der Waals surface area contributed by atoms with E-state index < -0.39 is 0 Å². The molecule has 0 aliphatic heterocycles. The van der Waals surface area contributed by atoms with Crippen molar-refractivity contribution in [3.8, 4) is 5.75 Å². The number of hydrogen-bond donors (Lipinski definition) is 0. The van der Waals surface area contributed by atoms with Crippen LogP contribution >= 0.6 is 0 Å². The Kier molecular flexibility index (Phi) is 4.31. The average Bonchev–Trinajstić information content (AvgIpc) is 2.46. The van der Waals surface area contributed by atoms with E-state index in [1.54, 1.807) is 31.4 Å². The second-order valence-corrected chi connectivity index (χ2v) is 4.27. The first-order chi connectivity index (χ1) is 9.20. The van der Waals surface area contributed by atoms with E-state index in [1.807, 2.05) is 31.2 Å². The Balaban J connectivity index is 2.13. The molecule has 0 atom stereocenters. The molecule has 0 radical (unpaired) electrons. The zero-order valence-corrected chi connectivity index (χ0v) is 11.1. The fourth-order valence-corrected chi connectivity index (χ4v) is 1.70. The Morgan fingerprint density at radius 1 is 0.947 bits per heavy atom. The van der Waals surface area contributed by atoms with Crippen molar-refractivity contribution >= 4 is 5.78 Å². The molecule has 3 heteroatoms. The summed E-state index contributed by atoms with van der Waals surface area (Å²) in [5.41, 5.74) is 2.48. The number of benzene rings is 2. The summed E-state index contributed by atoms with van der Waals surface area (Å²) in [7, 11) is 1.56. The maximum absolute atomic E-state index is 12.2. The predicted molar refractivity (Wildman–Crippen MR) is 73.6 cm³/mol. The number of ether oxygens (including phenoxy) is 2. The minimum Gasteiger partial charge on any atom is -0.468 e. The second-order valence-electron chi connectivity index (χ2n) is 4.27. The van der Waals surface area contributed by atoms with Crippen LogP contribution in [0.15, 0.2) is 48.5 Å². The van der Waals surface area contributed by atoms with E-state index in [2.05, 4.69) is 0 Å². The number of aryl methyl sites for hydroxylation is 1. The molecule has 19 heavy (non-hydrogen) atoms. The topological polar surface area (TPSA) is 35.5 Å². The van der Waals surface area contributed by atoms with Crippen LogP contribution in [0.4, 0.5) is 0 Å². The summed E-state index contributed by atoms with van der Waals surface area (Å²) < 4.78 is 10.1. The lowest BCUT2D eigenvalue weighted by atomic mass is 10.0. The zero-order valence-electron chi connectivity index (χ0n) is 11.1. The van der Waals surface area contributed by atoms with Gasteiger partial charge in [0, 0.05) is 18.2 Å². The SMILES string of the molecule is COCOc1ccc(C(=O)c2ccc(C)cc2)cc1. The Labute approximate surface area is 112 Å². The summed E-state index contributed by atoms with van der Waals surface area (Å²) in [6.07, 6.45) is 0. The van der Waals surface area contributed by atoms with E-state index >= 15 is 0 Å². The number of rotatable bonds is 5. The third kappa shape index (κ3) is 3.42. The molecule has 0 aliphatic rings. The van der Waals surface area contributed by atoms with Gasteiger partial charge in [0.2, 0.25) is 0 Å². The van der Waals surface area contributed by atoms with Gasteiger partial charge in [-0.15, -0.1) is 0 Å². The molecule has 0 amide bonds. The first-order valence-corrected chi connectivity index (χ1v) is 6.04. The predicted octanol–water partition coefficient (Wildman–Crippen LogP) is 3.21. The minimum atomic E-state index is 0.0123. The first-order valence-electron chi connectivity index (χ1n) is 6.04. The van der Waals surface area contributed by atoms with Gasteiger partial charge in [-0.05, 0) is 31.2 Å². The van der Waals surface area contributed by atoms with Crippen LogP contribution in [-0.4, -0.2) is 19.7 Å². The van der Waals surface area contributed by atoms with Crippen LogP contribution in [-0.2, 0) is 4.74 Å². The van der Waals surface area contributed by atoms with Gasteiger partial charge < -0.3 is 9.47 Å². The van der Waals surface area contributed by atoms with E-state index in [0.29, 0.717) is 16.9 Å². The van der Waals surface area contributed by atoms with E-state index in [-0.39, 0.29) is 12.6 Å². The number of ketones is 1. The van der Waals surface area contributed by atoms with E-state index in [9.17, 15) is 4.79 Å². The molecule has 0 saturated heterocycles. The van der Waals surface area contributed by atoms with Crippen molar-refractivity contribution in [2.45, 2.75) is 6.92 Å². The highest BCUT2D eigenvalue weighted by Gasteiger charge is 2.08. The molecule has 0 bridgehead atoms. The number of hydrogen-bond acceptors (Lipinski definition) is 3. The highest BCUT2D eigenvalue weighted by Crippen LogP contribution is 2.16. The fraction of sp³-hybridized carbons (Fsp3) is 0.188. The van der Waals surface area contributed by atoms with Gasteiger partial charge >= 0.3 is 0 Å². The normalized spacial score (nSPS) is 10.2. The Bertz CT molecular complexity index is 541. The zero-order chi connectivity index (χ0) is 13.7. The van der Waals surface area contributed by atoms with Gasteiger partial charge in [0.25, 0.3) is 0 Å². The van der Waals surface area contributed by atoms with Crippen LogP contribution in [0.2, 0.25) is 0 Å². The lowest BCUT2D eigenvalue weighted by molar-refractivity contribution is 0.0511. The Hall–Kier alpha value is -2.13. The second kappa shape index (κ2) is 6.16. The number of carbonyl (C=O) groups is 1. The minimum absolute atomic E-state index is 0.0123. The Morgan fingerprint density at radius 3 is 2.00 bits per heavy atom. The van der Waals surface area contributed by atoms with Crippen LogP contribution < -0.4 is 4.74 Å². The van der Waals surface area contributed by atoms with Gasteiger partial charge in [-0.2, -0.15) is 0 Å². The summed E-state index contributed by atoms with van der Waals surface area (Å²) >= 11 is 0. The van der Waals surface area contributed by atoms with Crippen molar-refractivity contribution in [3.05, 3.63) is 65.2 Å². The van der Waals surface area contributed by atoms with Gasteiger partial charge in [0.05, 0.1) is 0 Å². The van der Waals surface area contributed by atoms with E-state index in [0.717, 1.165) is 5.56 Å². The Morgan fingerprint density at radius 2 is 1.47 bits per heavy atom. The van der Waals surface area contributed by atoms with Crippen molar-refractivity contribution < 1.29 is 14.3 Å². The van der Waals surface area contributed by atoms with Crippen LogP contribution in [0.3, 0.4) is 0 Å². The largest absolute Gasteiger partial charge is 0.468 e. The summed E-state index contributed by atoms with van der Waals surface area (Å²) in [4.78, 5) is 12.2. The van der Waals surface area contributed by atoms with Gasteiger partial charge in [0.1, 0.15) is 5.75 Å². The van der Waals surface area contributed by atoms with Gasteiger partial charge in [0.15, 0.2) is 12.6 Å². The van der Waals surface area contributed by atoms with Crippen LogP contribution in [0.25, 0.3) is 0 Å². The molecule has 98 valence electrons. The molecule has 0 heterocycles. The lowest BCUT2D eigenvalue weighted by Crippen LogP contribution is -2.02. The summed E-state index contributed by atoms with van der Waals surface area (Å²) in [6, 6.07) is 14.6. The fourth-order valence-electron chi connectivity index (χ4n) is 1.70. The van der Waals surface area contributed by atoms with Crippen LogP contribution in [0, 0.1) is 6.92 Å². The van der Waals surface area contributed by atoms with Crippen molar-refractivity contribution in [1.29, 1.82) is 0 Å². The summed E-state index contributed by atoms with van der Waals surface area (Å²) in [5.74, 6) is 0.695. The number of carbonyl (C=O) groups excluding carboxylic acids is 1. The van der Waals surface area contributed by atoms with Gasteiger partial charge in [-0.3, -0.25) is 4.79 Å². The maximum atomic E-state index is 12.2. The molecule has 0 N–H and O–H groups in total. The van der Waals surface area contributed by atoms with Crippen molar-refractivity contribution in [3.63, 3.8) is 0 Å². The monoisotopic (exact) mass is 256 g/mol. The molecule has 2 rings (SSSR count). The smallest absolute Gasteiger partial charge is 0.193 e. The van der Waals surface area contributed by atoms with Crippen molar-refractivity contribution in [2.24, 2.45) is 0 Å². The van der Waals surface area contributed by atoms with Gasteiger partial charge in [-0.25, -0.2) is 0 Å². The van der Waals surface area contributed by atoms with Crippen molar-refractivity contribution in [2.75, 3.05) is 13.9 Å². The molecule has 2 aromatic rings. The van der Waals surface area contributed by atoms with Gasteiger partial charge in [-0.1, -0.05) is 29.8 Å². The van der Waals surface area contributed by atoms with E-state index in [1.165, 1.54) is 0 Å². The molecule has 0 aliphatic carbocycles. The first kappa shape index (κ1) is 13.3. The molecule has 0 saturated carbocycles. The van der Waals surface area contributed by atoms with Crippen LogP contribution in [0.5, 0.6) is 5.75 Å². The maximum Gasteiger partial charge on any atom is 0.193 e. The van der Waals surface area contributed by atoms with Crippen LogP contribution in [0.1, 0.15) is 21.5 Å². The molecule has 0 fully saturated rings. The molecule has 0 unspecified atom stereocenters. The standard InChI is InChI=1S/C16H16O3/c1-12-3-5-13(6-4-12)16(17)14-7-9-15(10-8-14)19-11-18-2/h3-10H,11H2,1-2H3. The highest BCUT2D eigenvalue weighted by molar-refractivity contribution is 6.09. The lowest BCUT2D eigenvalue weighted by Gasteiger charge is -2.06. The summed E-state index contributed by atoms with van der Waals surface area (Å²) in [6.45, 7) is 2.20. The highest BCUT2D eigenvalue weighted by atomic mass is 16.7. The average molecular weight is 256 g/mol. The summed E-state index contributed by atoms with van der Waals surface area (Å²) in [5, 5.41) is 0. The quantitative estimate of drug-likeness (QED) is 0.608. The molecule has 2 aromatic carbocycles. The molecule has 3 nitrogen and oxygen atoms in total. The number of methoxy groups -OCH3 is 1. The molecular weight excluding hydrogens is 240 g/mol. The van der Waals surface area contributed by atoms with E-state index in [4.69, 9.17) is 9.47 Å². The van der Waals surface area contributed by atoms with Crippen molar-refractivity contribution in [1.82, 2.24) is 0 Å². The third-order valence-corrected chi connectivity index (χ3v) is 2.77. The molecular formula is C16H16O3. The molecule has 0 aromatic heterocycles.